The first-order valence-corrected chi connectivity index (χ1v) is 7.70. The highest BCUT2D eigenvalue weighted by Gasteiger charge is 2.31. The molecule has 2 nitrogen and oxygen atoms in total. The highest BCUT2D eigenvalue weighted by molar-refractivity contribution is 8.00. The summed E-state index contributed by atoms with van der Waals surface area (Å²) in [6, 6.07) is 1.41. The van der Waals surface area contributed by atoms with Gasteiger partial charge in [0.25, 0.3) is 0 Å². The van der Waals surface area contributed by atoms with Gasteiger partial charge in [-0.15, -0.1) is 0 Å². The fourth-order valence-corrected chi connectivity index (χ4v) is 3.58. The molecule has 0 saturated carbocycles. The minimum absolute atomic E-state index is 0.693. The minimum atomic E-state index is 0.693. The number of likely N-dealkylation sites (N-methyl/N-ethyl adjacent to an activating group) is 1. The maximum absolute atomic E-state index is 3.51. The molecular weight excluding hydrogens is 216 g/mol. The molecule has 1 heterocycles. The van der Waals surface area contributed by atoms with Crippen molar-refractivity contribution < 1.29 is 0 Å². The summed E-state index contributed by atoms with van der Waals surface area (Å²) in [4.78, 5) is 2.72. The van der Waals surface area contributed by atoms with Crippen molar-refractivity contribution in [3.05, 3.63) is 0 Å². The lowest BCUT2D eigenvalue weighted by Gasteiger charge is -2.44. The van der Waals surface area contributed by atoms with Crippen molar-refractivity contribution in [2.75, 3.05) is 25.4 Å². The fourth-order valence-electron chi connectivity index (χ4n) is 2.45. The van der Waals surface area contributed by atoms with E-state index < -0.39 is 0 Å². The average molecular weight is 244 g/mol. The zero-order valence-electron chi connectivity index (χ0n) is 11.5. The Labute approximate surface area is 106 Å². The second-order valence-corrected chi connectivity index (χ2v) is 6.66. The number of hydrogen-bond acceptors (Lipinski definition) is 3. The molecule has 1 aliphatic rings. The summed E-state index contributed by atoms with van der Waals surface area (Å²) < 4.78 is 0. The third kappa shape index (κ3) is 3.64. The normalized spacial score (nSPS) is 29.6. The Hall–Kier alpha value is 0.270. The second-order valence-electron chi connectivity index (χ2n) is 5.17. The van der Waals surface area contributed by atoms with E-state index in [1.165, 1.54) is 12.3 Å². The van der Waals surface area contributed by atoms with Crippen molar-refractivity contribution >= 4 is 11.8 Å². The van der Waals surface area contributed by atoms with Crippen molar-refractivity contribution in [1.29, 1.82) is 0 Å². The maximum Gasteiger partial charge on any atom is 0.0247 e. The lowest BCUT2D eigenvalue weighted by Crippen LogP contribution is -2.55. The maximum atomic E-state index is 3.51. The molecule has 0 aromatic heterocycles. The highest BCUT2D eigenvalue weighted by atomic mass is 32.2. The Kier molecular flexibility index (Phi) is 6.16. The zero-order chi connectivity index (χ0) is 12.1. The second kappa shape index (κ2) is 6.87. The van der Waals surface area contributed by atoms with Gasteiger partial charge in [-0.3, -0.25) is 4.90 Å². The van der Waals surface area contributed by atoms with Gasteiger partial charge >= 0.3 is 0 Å². The minimum Gasteiger partial charge on any atom is -0.315 e. The van der Waals surface area contributed by atoms with Gasteiger partial charge in [0.1, 0.15) is 0 Å². The summed E-state index contributed by atoms with van der Waals surface area (Å²) in [5.74, 6) is 2.03. The molecule has 1 N–H and O–H groups in total. The third-order valence-corrected chi connectivity index (χ3v) is 5.07. The summed E-state index contributed by atoms with van der Waals surface area (Å²) in [6.45, 7) is 15.1. The number of rotatable bonds is 5. The van der Waals surface area contributed by atoms with Crippen molar-refractivity contribution in [2.24, 2.45) is 5.92 Å². The van der Waals surface area contributed by atoms with Gasteiger partial charge in [-0.05, 0) is 19.4 Å². The molecule has 0 aliphatic carbocycles. The van der Waals surface area contributed by atoms with E-state index in [9.17, 15) is 0 Å². The van der Waals surface area contributed by atoms with Crippen LogP contribution in [0, 0.1) is 5.92 Å². The Morgan fingerprint density at radius 3 is 2.62 bits per heavy atom. The van der Waals surface area contributed by atoms with Crippen LogP contribution in [0.1, 0.15) is 34.6 Å². The smallest absolute Gasteiger partial charge is 0.0247 e. The van der Waals surface area contributed by atoms with Crippen molar-refractivity contribution in [3.8, 4) is 0 Å². The average Bonchev–Trinajstić information content (AvgIpc) is 2.24. The Balaban J connectivity index is 2.61. The highest BCUT2D eigenvalue weighted by Crippen LogP contribution is 2.27. The van der Waals surface area contributed by atoms with E-state index in [-0.39, 0.29) is 0 Å². The van der Waals surface area contributed by atoms with Crippen LogP contribution in [0.4, 0.5) is 0 Å². The van der Waals surface area contributed by atoms with E-state index in [4.69, 9.17) is 0 Å². The van der Waals surface area contributed by atoms with Crippen LogP contribution in [0.3, 0.4) is 0 Å². The molecule has 1 aliphatic heterocycles. The first-order valence-electron chi connectivity index (χ1n) is 6.66. The molecule has 0 aromatic carbocycles. The summed E-state index contributed by atoms with van der Waals surface area (Å²) in [5, 5.41) is 4.29. The zero-order valence-corrected chi connectivity index (χ0v) is 12.3. The number of nitrogens with zero attached hydrogens (tertiary/aromatic N) is 1. The number of nitrogens with one attached hydrogen (secondary N) is 1. The first-order chi connectivity index (χ1) is 7.57. The Morgan fingerprint density at radius 1 is 1.38 bits per heavy atom. The standard InChI is InChI=1S/C13H28N2S/c1-6-14-9-13(10(2)3)15-7-8-16-12(5)11(15)4/h10-14H,6-9H2,1-5H3. The van der Waals surface area contributed by atoms with Crippen LogP contribution in [0.15, 0.2) is 0 Å². The summed E-state index contributed by atoms with van der Waals surface area (Å²) in [7, 11) is 0. The summed E-state index contributed by atoms with van der Waals surface area (Å²) >= 11 is 2.12. The van der Waals surface area contributed by atoms with Gasteiger partial charge in [0.15, 0.2) is 0 Å². The van der Waals surface area contributed by atoms with E-state index in [1.54, 1.807) is 0 Å². The molecule has 0 spiro atoms. The molecule has 1 fully saturated rings. The molecule has 1 saturated heterocycles. The lowest BCUT2D eigenvalue weighted by molar-refractivity contribution is 0.111. The van der Waals surface area contributed by atoms with Crippen LogP contribution < -0.4 is 5.32 Å². The van der Waals surface area contributed by atoms with Gasteiger partial charge in [0, 0.05) is 36.2 Å². The van der Waals surface area contributed by atoms with Gasteiger partial charge in [-0.25, -0.2) is 0 Å². The molecule has 0 bridgehead atoms. The largest absolute Gasteiger partial charge is 0.315 e. The van der Waals surface area contributed by atoms with Gasteiger partial charge in [0.05, 0.1) is 0 Å². The number of hydrogen-bond donors (Lipinski definition) is 1. The third-order valence-electron chi connectivity index (χ3n) is 3.73. The molecule has 0 radical (unpaired) electrons. The lowest BCUT2D eigenvalue weighted by atomic mass is 9.99. The van der Waals surface area contributed by atoms with Crippen LogP contribution in [0.5, 0.6) is 0 Å². The van der Waals surface area contributed by atoms with Crippen LogP contribution in [0.2, 0.25) is 0 Å². The molecule has 3 heteroatoms. The van der Waals surface area contributed by atoms with Gasteiger partial charge in [-0.1, -0.05) is 27.7 Å². The Bertz CT molecular complexity index is 196. The fraction of sp³-hybridized carbons (Fsp3) is 1.00. The monoisotopic (exact) mass is 244 g/mol. The predicted octanol–water partition coefficient (Wildman–Crippen LogP) is 2.45. The van der Waals surface area contributed by atoms with Crippen LogP contribution in [0.25, 0.3) is 0 Å². The molecular formula is C13H28N2S. The predicted molar refractivity (Wildman–Crippen MR) is 75.3 cm³/mol. The molecule has 16 heavy (non-hydrogen) atoms. The molecule has 3 unspecified atom stereocenters. The summed E-state index contributed by atoms with van der Waals surface area (Å²) in [6.07, 6.45) is 0. The van der Waals surface area contributed by atoms with Crippen LogP contribution >= 0.6 is 11.8 Å². The van der Waals surface area contributed by atoms with Crippen molar-refractivity contribution in [2.45, 2.75) is 52.0 Å². The quantitative estimate of drug-likeness (QED) is 0.800. The number of thioether (sulfide) groups is 1. The molecule has 1 rings (SSSR count). The topological polar surface area (TPSA) is 15.3 Å². The van der Waals surface area contributed by atoms with E-state index in [0.717, 1.165) is 24.3 Å². The molecule has 0 aromatic rings. The van der Waals surface area contributed by atoms with Gasteiger partial charge < -0.3 is 5.32 Å². The van der Waals surface area contributed by atoms with Crippen molar-refractivity contribution in [1.82, 2.24) is 10.2 Å². The first kappa shape index (κ1) is 14.3. The SMILES string of the molecule is CCNCC(C(C)C)N1CCSC(C)C1C. The molecule has 3 atom stereocenters. The van der Waals surface area contributed by atoms with E-state index in [0.29, 0.717) is 12.1 Å². The van der Waals surface area contributed by atoms with E-state index in [1.807, 2.05) is 0 Å². The van der Waals surface area contributed by atoms with E-state index >= 15 is 0 Å². The summed E-state index contributed by atoms with van der Waals surface area (Å²) in [5.41, 5.74) is 0. The van der Waals surface area contributed by atoms with Crippen molar-refractivity contribution in [3.63, 3.8) is 0 Å². The Morgan fingerprint density at radius 2 is 2.06 bits per heavy atom. The van der Waals surface area contributed by atoms with Gasteiger partial charge in [-0.2, -0.15) is 11.8 Å². The molecule has 0 amide bonds. The molecule has 96 valence electrons. The van der Waals surface area contributed by atoms with Gasteiger partial charge in [0.2, 0.25) is 0 Å². The van der Waals surface area contributed by atoms with Crippen LogP contribution in [-0.2, 0) is 0 Å². The van der Waals surface area contributed by atoms with Crippen LogP contribution in [-0.4, -0.2) is 47.6 Å². The van der Waals surface area contributed by atoms with E-state index in [2.05, 4.69) is 56.6 Å².